The van der Waals surface area contributed by atoms with Gasteiger partial charge >= 0.3 is 6.03 Å². The second-order valence-corrected chi connectivity index (χ2v) is 7.32. The van der Waals surface area contributed by atoms with Crippen molar-refractivity contribution in [3.63, 3.8) is 0 Å². The van der Waals surface area contributed by atoms with Crippen LogP contribution in [-0.4, -0.2) is 62.5 Å². The van der Waals surface area contributed by atoms with Crippen molar-refractivity contribution in [2.75, 3.05) is 51.0 Å². The van der Waals surface area contributed by atoms with Crippen molar-refractivity contribution in [2.45, 2.75) is 25.7 Å². The molecule has 1 N–H and O–H groups in total. The predicted octanol–water partition coefficient (Wildman–Crippen LogP) is 2.40. The van der Waals surface area contributed by atoms with Gasteiger partial charge in [-0.3, -0.25) is 4.79 Å². The third kappa shape index (κ3) is 3.89. The largest absolute Gasteiger partial charge is 0.374 e. The van der Waals surface area contributed by atoms with E-state index in [4.69, 9.17) is 0 Å². The number of hydrogen-bond acceptors (Lipinski definition) is 3. The monoisotopic (exact) mass is 344 g/mol. The summed E-state index contributed by atoms with van der Waals surface area (Å²) in [5.74, 6) is -0.128. The van der Waals surface area contributed by atoms with Crippen LogP contribution in [0.3, 0.4) is 0 Å². The number of hydrogen-bond donors (Lipinski definition) is 1. The van der Waals surface area contributed by atoms with E-state index in [-0.39, 0.29) is 17.9 Å². The molecule has 3 rings (SSSR count). The first-order chi connectivity index (χ1) is 12.0. The number of nitrogens with one attached hydrogen (secondary N) is 1. The molecular formula is C19H28N4O2. The van der Waals surface area contributed by atoms with Crippen molar-refractivity contribution in [3.05, 3.63) is 23.8 Å². The number of amides is 3. The number of piperidine rings is 1. The van der Waals surface area contributed by atoms with Crippen LogP contribution in [0.25, 0.3) is 0 Å². The van der Waals surface area contributed by atoms with Crippen LogP contribution in [0.4, 0.5) is 16.2 Å². The lowest BCUT2D eigenvalue weighted by atomic mass is 9.97. The average molecular weight is 344 g/mol. The molecule has 0 aromatic heterocycles. The lowest BCUT2D eigenvalue weighted by molar-refractivity contribution is -0.121. The van der Waals surface area contributed by atoms with Gasteiger partial charge in [0.05, 0.1) is 5.92 Å². The zero-order chi connectivity index (χ0) is 18.0. The van der Waals surface area contributed by atoms with E-state index in [0.717, 1.165) is 44.5 Å². The first kappa shape index (κ1) is 17.6. The molecule has 0 aliphatic carbocycles. The quantitative estimate of drug-likeness (QED) is 0.896. The van der Waals surface area contributed by atoms with Gasteiger partial charge in [0.1, 0.15) is 0 Å². The molecule has 1 atom stereocenters. The third-order valence-electron chi connectivity index (χ3n) is 5.14. The van der Waals surface area contributed by atoms with Gasteiger partial charge in [0.25, 0.3) is 0 Å². The van der Waals surface area contributed by atoms with Crippen LogP contribution < -0.4 is 10.2 Å². The van der Waals surface area contributed by atoms with E-state index < -0.39 is 0 Å². The molecule has 0 radical (unpaired) electrons. The fourth-order valence-corrected chi connectivity index (χ4v) is 3.76. The number of nitrogens with zero attached hydrogens (tertiary/aromatic N) is 3. The van der Waals surface area contributed by atoms with Gasteiger partial charge in [-0.05, 0) is 49.4 Å². The SMILES string of the molecule is CN(C)C(=O)N1CCC[C@@H](C(=O)Nc2ccc3c(c2)CCCN3C)C1. The Kier molecular flexibility index (Phi) is 5.16. The normalized spacial score (nSPS) is 20.0. The fraction of sp³-hybridized carbons (Fsp3) is 0.579. The van der Waals surface area contributed by atoms with Crippen molar-refractivity contribution < 1.29 is 9.59 Å². The molecule has 2 heterocycles. The molecule has 6 heteroatoms. The Morgan fingerprint density at radius 2 is 2.00 bits per heavy atom. The van der Waals surface area contributed by atoms with Crippen LogP contribution in [0.15, 0.2) is 18.2 Å². The van der Waals surface area contributed by atoms with E-state index in [0.29, 0.717) is 6.54 Å². The third-order valence-corrected chi connectivity index (χ3v) is 5.14. The first-order valence-corrected chi connectivity index (χ1v) is 9.07. The highest BCUT2D eigenvalue weighted by Gasteiger charge is 2.29. The smallest absolute Gasteiger partial charge is 0.319 e. The first-order valence-electron chi connectivity index (χ1n) is 9.07. The van der Waals surface area contributed by atoms with Crippen LogP contribution in [-0.2, 0) is 11.2 Å². The van der Waals surface area contributed by atoms with E-state index in [1.165, 1.54) is 11.3 Å². The van der Waals surface area contributed by atoms with Gasteiger partial charge in [0.15, 0.2) is 0 Å². The molecule has 6 nitrogen and oxygen atoms in total. The molecule has 136 valence electrons. The van der Waals surface area contributed by atoms with Crippen LogP contribution in [0.2, 0.25) is 0 Å². The van der Waals surface area contributed by atoms with Gasteiger partial charge in [0.2, 0.25) is 5.91 Å². The lowest BCUT2D eigenvalue weighted by Gasteiger charge is -2.33. The van der Waals surface area contributed by atoms with Crippen molar-refractivity contribution in [1.82, 2.24) is 9.80 Å². The van der Waals surface area contributed by atoms with E-state index in [2.05, 4.69) is 29.4 Å². The summed E-state index contributed by atoms with van der Waals surface area (Å²) < 4.78 is 0. The van der Waals surface area contributed by atoms with Crippen LogP contribution in [0, 0.1) is 5.92 Å². The van der Waals surface area contributed by atoms with E-state index in [1.807, 2.05) is 6.07 Å². The maximum absolute atomic E-state index is 12.7. The van der Waals surface area contributed by atoms with Gasteiger partial charge in [0, 0.05) is 52.2 Å². The molecule has 2 aliphatic heterocycles. The molecule has 25 heavy (non-hydrogen) atoms. The molecule has 1 saturated heterocycles. The fourth-order valence-electron chi connectivity index (χ4n) is 3.76. The topological polar surface area (TPSA) is 55.9 Å². The molecule has 1 fully saturated rings. The zero-order valence-corrected chi connectivity index (χ0v) is 15.4. The van der Waals surface area contributed by atoms with E-state index in [9.17, 15) is 9.59 Å². The molecule has 0 bridgehead atoms. The molecule has 0 saturated carbocycles. The zero-order valence-electron chi connectivity index (χ0n) is 15.4. The van der Waals surface area contributed by atoms with Gasteiger partial charge in [-0.25, -0.2) is 4.79 Å². The highest BCUT2D eigenvalue weighted by Crippen LogP contribution is 2.29. The molecule has 2 aliphatic rings. The number of benzene rings is 1. The number of rotatable bonds is 2. The Hall–Kier alpha value is -2.24. The van der Waals surface area contributed by atoms with Gasteiger partial charge in [-0.15, -0.1) is 0 Å². The number of carbonyl (C=O) groups is 2. The van der Waals surface area contributed by atoms with Gasteiger partial charge < -0.3 is 20.0 Å². The standard InChI is InChI=1S/C19H28N4O2/c1-21(2)19(25)23-11-5-7-15(13-23)18(24)20-16-8-9-17-14(12-16)6-4-10-22(17)3/h8-9,12,15H,4-7,10-11,13H2,1-3H3,(H,20,24)/t15-/m1/s1. The number of fused-ring (bicyclic) bond motifs is 1. The minimum absolute atomic E-state index is 0.0142. The number of anilines is 2. The van der Waals surface area contributed by atoms with Gasteiger partial charge in [-0.2, -0.15) is 0 Å². The Labute approximate surface area is 149 Å². The lowest BCUT2D eigenvalue weighted by Crippen LogP contribution is -2.47. The molecule has 3 amide bonds. The Morgan fingerprint density at radius 3 is 2.76 bits per heavy atom. The molecule has 1 aromatic carbocycles. The summed E-state index contributed by atoms with van der Waals surface area (Å²) in [6.07, 6.45) is 3.90. The van der Waals surface area contributed by atoms with E-state index in [1.54, 1.807) is 23.9 Å². The Morgan fingerprint density at radius 1 is 1.20 bits per heavy atom. The predicted molar refractivity (Wildman–Crippen MR) is 100 cm³/mol. The number of carbonyl (C=O) groups excluding carboxylic acids is 2. The maximum Gasteiger partial charge on any atom is 0.319 e. The summed E-state index contributed by atoms with van der Waals surface area (Å²) in [7, 11) is 5.60. The average Bonchev–Trinajstić information content (AvgIpc) is 2.61. The summed E-state index contributed by atoms with van der Waals surface area (Å²) in [6, 6.07) is 6.14. The summed E-state index contributed by atoms with van der Waals surface area (Å²) in [6.45, 7) is 2.30. The van der Waals surface area contributed by atoms with Crippen molar-refractivity contribution in [3.8, 4) is 0 Å². The minimum Gasteiger partial charge on any atom is -0.374 e. The second kappa shape index (κ2) is 7.33. The van der Waals surface area contributed by atoms with Crippen molar-refractivity contribution >= 4 is 23.3 Å². The molecular weight excluding hydrogens is 316 g/mol. The highest BCUT2D eigenvalue weighted by molar-refractivity contribution is 5.93. The summed E-state index contributed by atoms with van der Waals surface area (Å²) in [5.41, 5.74) is 3.40. The van der Waals surface area contributed by atoms with Crippen molar-refractivity contribution in [2.24, 2.45) is 5.92 Å². The van der Waals surface area contributed by atoms with E-state index >= 15 is 0 Å². The van der Waals surface area contributed by atoms with Crippen LogP contribution in [0.1, 0.15) is 24.8 Å². The summed E-state index contributed by atoms with van der Waals surface area (Å²) in [5, 5.41) is 3.06. The maximum atomic E-state index is 12.7. The van der Waals surface area contributed by atoms with Crippen LogP contribution in [0.5, 0.6) is 0 Å². The Balaban J connectivity index is 1.65. The number of aryl methyl sites for hydroxylation is 1. The van der Waals surface area contributed by atoms with Crippen molar-refractivity contribution in [1.29, 1.82) is 0 Å². The number of likely N-dealkylation sites (tertiary alicyclic amines) is 1. The Bertz CT molecular complexity index is 659. The second-order valence-electron chi connectivity index (χ2n) is 7.32. The van der Waals surface area contributed by atoms with Crippen LogP contribution >= 0.6 is 0 Å². The molecule has 0 spiro atoms. The molecule has 1 aromatic rings. The summed E-state index contributed by atoms with van der Waals surface area (Å²) in [4.78, 5) is 30.4. The van der Waals surface area contributed by atoms with Gasteiger partial charge in [-0.1, -0.05) is 0 Å². The highest BCUT2D eigenvalue weighted by atomic mass is 16.2. The number of urea groups is 1. The summed E-state index contributed by atoms with van der Waals surface area (Å²) >= 11 is 0. The molecule has 0 unspecified atom stereocenters. The minimum atomic E-state index is -0.142.